The van der Waals surface area contributed by atoms with Crippen molar-refractivity contribution in [3.8, 4) is 5.75 Å². The lowest BCUT2D eigenvalue weighted by atomic mass is 10.1. The fraction of sp³-hybridized carbons (Fsp3) is 0.263. The van der Waals surface area contributed by atoms with Crippen LogP contribution in [0.2, 0.25) is 0 Å². The number of hydrogen-bond donors (Lipinski definition) is 3. The SMILES string of the molecule is COc1cc(C)c(S(=O)(=O)CNCc2nc3c(C(=O)O)c(F)ccc3[nH]2)c(C)c1. The average molecular weight is 421 g/mol. The van der Waals surface area contributed by atoms with Gasteiger partial charge in [0.25, 0.3) is 0 Å². The Labute approximate surface area is 166 Å². The van der Waals surface area contributed by atoms with Crippen molar-refractivity contribution in [2.75, 3.05) is 13.0 Å². The number of sulfone groups is 1. The van der Waals surface area contributed by atoms with E-state index in [1.807, 2.05) is 0 Å². The summed E-state index contributed by atoms with van der Waals surface area (Å²) in [5.41, 5.74) is 0.967. The van der Waals surface area contributed by atoms with Gasteiger partial charge in [0.15, 0.2) is 9.84 Å². The molecule has 2 aromatic carbocycles. The Morgan fingerprint density at radius 1 is 1.28 bits per heavy atom. The van der Waals surface area contributed by atoms with E-state index in [1.54, 1.807) is 26.0 Å². The molecule has 1 heterocycles. The predicted octanol–water partition coefficient (Wildman–Crippen LogP) is 2.55. The van der Waals surface area contributed by atoms with E-state index in [9.17, 15) is 22.7 Å². The number of hydrogen-bond acceptors (Lipinski definition) is 6. The maximum absolute atomic E-state index is 13.8. The summed E-state index contributed by atoms with van der Waals surface area (Å²) in [6.07, 6.45) is 0. The van der Waals surface area contributed by atoms with Crippen LogP contribution >= 0.6 is 0 Å². The number of carboxylic acids is 1. The molecule has 3 aromatic rings. The topological polar surface area (TPSA) is 121 Å². The summed E-state index contributed by atoms with van der Waals surface area (Å²) in [6.45, 7) is 3.43. The molecule has 1 aromatic heterocycles. The van der Waals surface area contributed by atoms with Crippen LogP contribution in [0.4, 0.5) is 4.39 Å². The summed E-state index contributed by atoms with van der Waals surface area (Å²) < 4.78 is 44.4. The highest BCUT2D eigenvalue weighted by Gasteiger charge is 2.21. The molecule has 3 N–H and O–H groups in total. The highest BCUT2D eigenvalue weighted by Crippen LogP contribution is 2.26. The number of nitrogens with zero attached hydrogens (tertiary/aromatic N) is 1. The Morgan fingerprint density at radius 2 is 1.93 bits per heavy atom. The van der Waals surface area contributed by atoms with Crippen molar-refractivity contribution in [3.05, 3.63) is 52.6 Å². The minimum absolute atomic E-state index is 0.0148. The second-order valence-corrected chi connectivity index (χ2v) is 8.51. The van der Waals surface area contributed by atoms with E-state index in [-0.39, 0.29) is 22.8 Å². The van der Waals surface area contributed by atoms with E-state index in [1.165, 1.54) is 13.2 Å². The van der Waals surface area contributed by atoms with Crippen molar-refractivity contribution in [1.29, 1.82) is 0 Å². The molecule has 0 aliphatic carbocycles. The fourth-order valence-corrected chi connectivity index (χ4v) is 4.90. The van der Waals surface area contributed by atoms with Gasteiger partial charge in [0.05, 0.1) is 24.1 Å². The zero-order chi connectivity index (χ0) is 21.3. The fourth-order valence-electron chi connectivity index (χ4n) is 3.28. The molecule has 0 saturated carbocycles. The lowest BCUT2D eigenvalue weighted by Crippen LogP contribution is -2.24. The number of aromatic amines is 1. The lowest BCUT2D eigenvalue weighted by Gasteiger charge is -2.13. The second kappa shape index (κ2) is 7.80. The van der Waals surface area contributed by atoms with E-state index in [4.69, 9.17) is 4.74 Å². The summed E-state index contributed by atoms with van der Waals surface area (Å²) >= 11 is 0. The molecule has 0 unspecified atom stereocenters. The molecular weight excluding hydrogens is 401 g/mol. The van der Waals surface area contributed by atoms with Gasteiger partial charge in [-0.2, -0.15) is 0 Å². The van der Waals surface area contributed by atoms with Gasteiger partial charge in [-0.15, -0.1) is 0 Å². The molecule has 0 radical (unpaired) electrons. The van der Waals surface area contributed by atoms with E-state index in [0.717, 1.165) is 6.07 Å². The summed E-state index contributed by atoms with van der Waals surface area (Å²) in [5, 5.41) is 12.0. The standard InChI is InChI=1S/C19H20FN3O5S/c1-10-6-12(28-3)7-11(2)18(10)29(26,27)9-21-8-15-22-14-5-4-13(20)16(19(24)25)17(14)23-15/h4-7,21H,8-9H2,1-3H3,(H,22,23)(H,24,25). The number of fused-ring (bicyclic) bond motifs is 1. The number of ether oxygens (including phenoxy) is 1. The molecule has 0 fully saturated rings. The van der Waals surface area contributed by atoms with Crippen LogP contribution in [0.1, 0.15) is 27.3 Å². The van der Waals surface area contributed by atoms with Crippen LogP contribution in [0.25, 0.3) is 11.0 Å². The number of aromatic carboxylic acids is 1. The molecule has 0 aliphatic rings. The van der Waals surface area contributed by atoms with E-state index in [0.29, 0.717) is 28.2 Å². The van der Waals surface area contributed by atoms with Crippen molar-refractivity contribution in [1.82, 2.24) is 15.3 Å². The van der Waals surface area contributed by atoms with Gasteiger partial charge < -0.3 is 14.8 Å². The summed E-state index contributed by atoms with van der Waals surface area (Å²) in [5.74, 6) is -1.78. The van der Waals surface area contributed by atoms with Crippen LogP contribution in [0.3, 0.4) is 0 Å². The molecular formula is C19H20FN3O5S. The number of methoxy groups -OCH3 is 1. The third kappa shape index (κ3) is 4.08. The summed E-state index contributed by atoms with van der Waals surface area (Å²) in [7, 11) is -2.12. The van der Waals surface area contributed by atoms with E-state index >= 15 is 0 Å². The molecule has 0 bridgehead atoms. The number of carbonyl (C=O) groups is 1. The minimum Gasteiger partial charge on any atom is -0.497 e. The Bertz CT molecular complexity index is 1180. The number of benzene rings is 2. The van der Waals surface area contributed by atoms with Gasteiger partial charge in [-0.25, -0.2) is 22.6 Å². The van der Waals surface area contributed by atoms with Gasteiger partial charge in [0, 0.05) is 0 Å². The maximum Gasteiger partial charge on any atom is 0.340 e. The first-order valence-corrected chi connectivity index (χ1v) is 10.3. The Hall–Kier alpha value is -2.98. The highest BCUT2D eigenvalue weighted by molar-refractivity contribution is 7.91. The number of halogens is 1. The maximum atomic E-state index is 13.8. The molecule has 8 nitrogen and oxygen atoms in total. The van der Waals surface area contributed by atoms with Crippen molar-refractivity contribution in [2.45, 2.75) is 25.3 Å². The average Bonchev–Trinajstić information content (AvgIpc) is 3.02. The molecule has 0 atom stereocenters. The smallest absolute Gasteiger partial charge is 0.340 e. The van der Waals surface area contributed by atoms with Gasteiger partial charge in [-0.1, -0.05) is 0 Å². The van der Waals surface area contributed by atoms with Gasteiger partial charge >= 0.3 is 5.97 Å². The van der Waals surface area contributed by atoms with Gasteiger partial charge in [0.2, 0.25) is 0 Å². The molecule has 3 rings (SSSR count). The molecule has 29 heavy (non-hydrogen) atoms. The van der Waals surface area contributed by atoms with Crippen LogP contribution in [-0.4, -0.2) is 42.4 Å². The second-order valence-electron chi connectivity index (χ2n) is 6.58. The predicted molar refractivity (Wildman–Crippen MR) is 104 cm³/mol. The summed E-state index contributed by atoms with van der Waals surface area (Å²) in [6, 6.07) is 5.73. The van der Waals surface area contributed by atoms with Gasteiger partial charge in [-0.05, 0) is 49.2 Å². The monoisotopic (exact) mass is 421 g/mol. The van der Waals surface area contributed by atoms with Crippen LogP contribution in [0, 0.1) is 19.7 Å². The third-order valence-corrected chi connectivity index (χ3v) is 6.28. The zero-order valence-corrected chi connectivity index (χ0v) is 16.9. The molecule has 154 valence electrons. The minimum atomic E-state index is -3.64. The number of imidazole rings is 1. The first-order chi connectivity index (χ1) is 13.6. The largest absolute Gasteiger partial charge is 0.497 e. The summed E-state index contributed by atoms with van der Waals surface area (Å²) in [4.78, 5) is 18.4. The number of aryl methyl sites for hydroxylation is 2. The number of aromatic nitrogens is 2. The number of rotatable bonds is 7. The third-order valence-electron chi connectivity index (χ3n) is 4.43. The van der Waals surface area contributed by atoms with E-state index in [2.05, 4.69) is 15.3 Å². The first-order valence-electron chi connectivity index (χ1n) is 8.63. The van der Waals surface area contributed by atoms with Crippen LogP contribution in [0.15, 0.2) is 29.2 Å². The van der Waals surface area contributed by atoms with Crippen molar-refractivity contribution >= 4 is 26.8 Å². The molecule has 10 heteroatoms. The molecule has 0 aliphatic heterocycles. The molecule has 0 saturated heterocycles. The Morgan fingerprint density at radius 3 is 2.52 bits per heavy atom. The number of H-pyrrole nitrogens is 1. The normalized spacial score (nSPS) is 11.7. The highest BCUT2D eigenvalue weighted by atomic mass is 32.2. The molecule has 0 spiro atoms. The van der Waals surface area contributed by atoms with Crippen LogP contribution < -0.4 is 10.1 Å². The Kier molecular flexibility index (Phi) is 5.58. The lowest BCUT2D eigenvalue weighted by molar-refractivity contribution is 0.0694. The zero-order valence-electron chi connectivity index (χ0n) is 16.0. The number of nitrogens with one attached hydrogen (secondary N) is 2. The van der Waals surface area contributed by atoms with Crippen LogP contribution in [0.5, 0.6) is 5.75 Å². The van der Waals surface area contributed by atoms with Crippen molar-refractivity contribution in [3.63, 3.8) is 0 Å². The van der Waals surface area contributed by atoms with E-state index < -0.39 is 27.2 Å². The van der Waals surface area contributed by atoms with Gasteiger partial charge in [0.1, 0.15) is 34.3 Å². The van der Waals surface area contributed by atoms with Crippen molar-refractivity contribution < 1.29 is 27.4 Å². The van der Waals surface area contributed by atoms with Gasteiger partial charge in [-0.3, -0.25) is 5.32 Å². The quantitative estimate of drug-likeness (QED) is 0.536. The number of carboxylic acid groups (broad SMARTS) is 1. The molecule has 0 amide bonds. The van der Waals surface area contributed by atoms with Crippen molar-refractivity contribution in [2.24, 2.45) is 0 Å². The first kappa shape index (κ1) is 20.7. The van der Waals surface area contributed by atoms with Crippen LogP contribution in [-0.2, 0) is 16.4 Å². The Balaban J connectivity index is 1.79.